The van der Waals surface area contributed by atoms with Gasteiger partial charge in [0, 0.05) is 25.7 Å². The SMILES string of the molecule is C1CCN2CC[N]CC2C1. The Morgan fingerprint density at radius 2 is 2.20 bits per heavy atom. The minimum Gasteiger partial charge on any atom is -0.298 e. The van der Waals surface area contributed by atoms with Gasteiger partial charge in [-0.3, -0.25) is 4.90 Å². The van der Waals surface area contributed by atoms with Crippen LogP contribution in [0.3, 0.4) is 0 Å². The molecule has 2 aliphatic rings. The third-order valence-corrected chi connectivity index (χ3v) is 2.63. The predicted octanol–water partition coefficient (Wildman–Crippen LogP) is 0.459. The van der Waals surface area contributed by atoms with Crippen LogP contribution in [0, 0.1) is 0 Å². The fourth-order valence-electron chi connectivity index (χ4n) is 2.00. The molecule has 10 heavy (non-hydrogen) atoms. The summed E-state index contributed by atoms with van der Waals surface area (Å²) in [5.74, 6) is 0. The first-order chi connectivity index (χ1) is 4.97. The molecule has 0 spiro atoms. The predicted molar refractivity (Wildman–Crippen MR) is 41.1 cm³/mol. The molecule has 2 heteroatoms. The van der Waals surface area contributed by atoms with Gasteiger partial charge in [-0.15, -0.1) is 0 Å². The van der Waals surface area contributed by atoms with Gasteiger partial charge in [0.2, 0.25) is 0 Å². The fraction of sp³-hybridized carbons (Fsp3) is 1.00. The van der Waals surface area contributed by atoms with E-state index < -0.39 is 0 Å². The van der Waals surface area contributed by atoms with E-state index in [1.54, 1.807) is 0 Å². The standard InChI is InChI=1S/C8H15N2/c1-2-5-10-6-4-9-7-8(10)3-1/h8H,1-7H2. The number of rotatable bonds is 0. The molecular formula is C8H15N2. The van der Waals surface area contributed by atoms with Crippen molar-refractivity contribution in [2.24, 2.45) is 0 Å². The van der Waals surface area contributed by atoms with Crippen LogP contribution in [0.5, 0.6) is 0 Å². The molecule has 0 N–H and O–H groups in total. The van der Waals surface area contributed by atoms with Crippen molar-refractivity contribution in [1.29, 1.82) is 0 Å². The average molecular weight is 139 g/mol. The number of fused-ring (bicyclic) bond motifs is 1. The van der Waals surface area contributed by atoms with Crippen molar-refractivity contribution < 1.29 is 0 Å². The van der Waals surface area contributed by atoms with Gasteiger partial charge in [0.1, 0.15) is 0 Å². The first kappa shape index (κ1) is 6.62. The Labute approximate surface area is 62.6 Å². The van der Waals surface area contributed by atoms with Crippen molar-refractivity contribution in [3.63, 3.8) is 0 Å². The molecule has 0 aliphatic carbocycles. The zero-order valence-corrected chi connectivity index (χ0v) is 6.42. The maximum Gasteiger partial charge on any atom is 0.0290 e. The Kier molecular flexibility index (Phi) is 1.91. The fourth-order valence-corrected chi connectivity index (χ4v) is 2.00. The number of piperazine rings is 1. The highest BCUT2D eigenvalue weighted by Crippen LogP contribution is 2.17. The van der Waals surface area contributed by atoms with Crippen molar-refractivity contribution in [2.75, 3.05) is 26.2 Å². The van der Waals surface area contributed by atoms with E-state index in [1.807, 2.05) is 0 Å². The van der Waals surface area contributed by atoms with E-state index in [2.05, 4.69) is 10.2 Å². The highest BCUT2D eigenvalue weighted by molar-refractivity contribution is 4.82. The summed E-state index contributed by atoms with van der Waals surface area (Å²) in [6.45, 7) is 4.75. The molecule has 2 aliphatic heterocycles. The lowest BCUT2D eigenvalue weighted by Crippen LogP contribution is -2.50. The number of hydrogen-bond donors (Lipinski definition) is 0. The lowest BCUT2D eigenvalue weighted by atomic mass is 10.0. The largest absolute Gasteiger partial charge is 0.298 e. The average Bonchev–Trinajstić information content (AvgIpc) is 2.05. The minimum atomic E-state index is 0.822. The summed E-state index contributed by atoms with van der Waals surface area (Å²) in [6, 6.07) is 0.822. The zero-order valence-electron chi connectivity index (χ0n) is 6.42. The third-order valence-electron chi connectivity index (χ3n) is 2.63. The summed E-state index contributed by atoms with van der Waals surface area (Å²) in [5.41, 5.74) is 0. The summed E-state index contributed by atoms with van der Waals surface area (Å²) < 4.78 is 0. The zero-order chi connectivity index (χ0) is 6.81. The number of hydrogen-bond acceptors (Lipinski definition) is 1. The molecule has 1 radical (unpaired) electrons. The van der Waals surface area contributed by atoms with E-state index in [0.29, 0.717) is 0 Å². The Morgan fingerprint density at radius 3 is 3.10 bits per heavy atom. The molecule has 2 heterocycles. The molecule has 0 aromatic heterocycles. The van der Waals surface area contributed by atoms with E-state index in [9.17, 15) is 0 Å². The second-order valence-corrected chi connectivity index (χ2v) is 3.32. The van der Waals surface area contributed by atoms with Gasteiger partial charge in [0.15, 0.2) is 0 Å². The van der Waals surface area contributed by atoms with E-state index >= 15 is 0 Å². The summed E-state index contributed by atoms with van der Waals surface area (Å²) in [4.78, 5) is 2.61. The first-order valence-electron chi connectivity index (χ1n) is 4.34. The summed E-state index contributed by atoms with van der Waals surface area (Å²) in [7, 11) is 0. The molecule has 0 bridgehead atoms. The molecule has 0 amide bonds. The van der Waals surface area contributed by atoms with Gasteiger partial charge in [-0.05, 0) is 19.4 Å². The van der Waals surface area contributed by atoms with Crippen molar-refractivity contribution in [2.45, 2.75) is 25.3 Å². The first-order valence-corrected chi connectivity index (χ1v) is 4.34. The monoisotopic (exact) mass is 139 g/mol. The van der Waals surface area contributed by atoms with Crippen molar-refractivity contribution >= 4 is 0 Å². The normalized spacial score (nSPS) is 35.4. The smallest absolute Gasteiger partial charge is 0.0290 e. The topological polar surface area (TPSA) is 17.3 Å². The molecule has 0 aromatic rings. The van der Waals surface area contributed by atoms with Crippen molar-refractivity contribution in [3.05, 3.63) is 0 Å². The van der Waals surface area contributed by atoms with Gasteiger partial charge in [-0.1, -0.05) is 6.42 Å². The lowest BCUT2D eigenvalue weighted by molar-refractivity contribution is 0.119. The Balaban J connectivity index is 1.93. The van der Waals surface area contributed by atoms with Crippen LogP contribution < -0.4 is 5.32 Å². The third kappa shape index (κ3) is 1.18. The molecule has 0 saturated carbocycles. The summed E-state index contributed by atoms with van der Waals surface area (Å²) >= 11 is 0. The molecule has 0 aromatic carbocycles. The van der Waals surface area contributed by atoms with E-state index in [-0.39, 0.29) is 0 Å². The Morgan fingerprint density at radius 1 is 1.20 bits per heavy atom. The van der Waals surface area contributed by atoms with Gasteiger partial charge < -0.3 is 0 Å². The van der Waals surface area contributed by atoms with Gasteiger partial charge in [0.25, 0.3) is 0 Å². The van der Waals surface area contributed by atoms with Gasteiger partial charge in [-0.2, -0.15) is 0 Å². The molecule has 2 nitrogen and oxygen atoms in total. The molecular weight excluding hydrogens is 124 g/mol. The highest BCUT2D eigenvalue weighted by Gasteiger charge is 2.24. The number of nitrogens with zero attached hydrogens (tertiary/aromatic N) is 2. The van der Waals surface area contributed by atoms with Crippen molar-refractivity contribution in [1.82, 2.24) is 10.2 Å². The van der Waals surface area contributed by atoms with Crippen LogP contribution in [0.15, 0.2) is 0 Å². The van der Waals surface area contributed by atoms with Crippen LogP contribution in [0.4, 0.5) is 0 Å². The molecule has 2 rings (SSSR count). The van der Waals surface area contributed by atoms with Crippen LogP contribution in [0.2, 0.25) is 0 Å². The molecule has 1 unspecified atom stereocenters. The minimum absolute atomic E-state index is 0.822. The van der Waals surface area contributed by atoms with Crippen LogP contribution in [-0.2, 0) is 0 Å². The van der Waals surface area contributed by atoms with Crippen molar-refractivity contribution in [3.8, 4) is 0 Å². The van der Waals surface area contributed by atoms with Crippen LogP contribution in [0.25, 0.3) is 0 Å². The van der Waals surface area contributed by atoms with Gasteiger partial charge in [-0.25, -0.2) is 5.32 Å². The maximum atomic E-state index is 4.42. The quantitative estimate of drug-likeness (QED) is 0.476. The number of piperidine rings is 1. The van der Waals surface area contributed by atoms with E-state index in [1.165, 1.54) is 32.4 Å². The van der Waals surface area contributed by atoms with Gasteiger partial charge in [0.05, 0.1) is 0 Å². The molecule has 57 valence electrons. The van der Waals surface area contributed by atoms with Crippen LogP contribution in [0.1, 0.15) is 19.3 Å². The molecule has 2 fully saturated rings. The maximum absolute atomic E-state index is 4.42. The highest BCUT2D eigenvalue weighted by atomic mass is 15.2. The van der Waals surface area contributed by atoms with Gasteiger partial charge >= 0.3 is 0 Å². The second-order valence-electron chi connectivity index (χ2n) is 3.32. The van der Waals surface area contributed by atoms with Crippen LogP contribution >= 0.6 is 0 Å². The Hall–Kier alpha value is -0.0800. The second kappa shape index (κ2) is 2.89. The lowest BCUT2D eigenvalue weighted by Gasteiger charge is -2.38. The van der Waals surface area contributed by atoms with E-state index in [0.717, 1.165) is 19.1 Å². The summed E-state index contributed by atoms with van der Waals surface area (Å²) in [6.07, 6.45) is 4.23. The molecule has 2 saturated heterocycles. The molecule has 1 atom stereocenters. The van der Waals surface area contributed by atoms with E-state index in [4.69, 9.17) is 0 Å². The Bertz CT molecular complexity index is 87.8. The summed E-state index contributed by atoms with van der Waals surface area (Å²) in [5, 5.41) is 4.42. The van der Waals surface area contributed by atoms with Crippen LogP contribution in [-0.4, -0.2) is 37.1 Å².